The van der Waals surface area contributed by atoms with Crippen LogP contribution in [0.2, 0.25) is 0 Å². The number of hydrogen-bond acceptors (Lipinski definition) is 6. The van der Waals surface area contributed by atoms with E-state index in [-0.39, 0.29) is 18.1 Å². The Morgan fingerprint density at radius 3 is 1.41 bits per heavy atom. The van der Waals surface area contributed by atoms with Gasteiger partial charge in [-0.2, -0.15) is 0 Å². The summed E-state index contributed by atoms with van der Waals surface area (Å²) < 4.78 is 0. The smallest absolute Gasteiger partial charge is 0.0773 e. The first-order chi connectivity index (χ1) is 18.2. The Labute approximate surface area is 226 Å². The molecule has 0 saturated heterocycles. The lowest BCUT2D eigenvalue weighted by atomic mass is 9.75. The van der Waals surface area contributed by atoms with Crippen molar-refractivity contribution in [3.8, 4) is 0 Å². The largest absolute Gasteiger partial charge is 0.411 e. The average Bonchev–Trinajstić information content (AvgIpc) is 2.97. The van der Waals surface area contributed by atoms with Crippen LogP contribution < -0.4 is 10.6 Å². The van der Waals surface area contributed by atoms with Gasteiger partial charge in [-0.15, -0.1) is 0 Å². The molecule has 3 unspecified atom stereocenters. The third kappa shape index (κ3) is 8.17. The molecule has 212 valence electrons. The number of nitrogens with one attached hydrogen (secondary N) is 2. The van der Waals surface area contributed by atoms with Gasteiger partial charge in [-0.3, -0.25) is 0 Å². The van der Waals surface area contributed by atoms with Gasteiger partial charge in [-0.05, 0) is 70.1 Å². The van der Waals surface area contributed by atoms with E-state index in [0.29, 0.717) is 23.7 Å². The van der Waals surface area contributed by atoms with Crippen molar-refractivity contribution in [1.29, 1.82) is 0 Å². The highest BCUT2D eigenvalue weighted by atomic mass is 16.4. The first-order valence-corrected chi connectivity index (χ1v) is 16.1. The summed E-state index contributed by atoms with van der Waals surface area (Å²) in [6.45, 7) is 3.13. The first-order valence-electron chi connectivity index (χ1n) is 16.1. The summed E-state index contributed by atoms with van der Waals surface area (Å²) in [5.74, 6) is 1.98. The summed E-state index contributed by atoms with van der Waals surface area (Å²) in [5.41, 5.74) is 2.06. The summed E-state index contributed by atoms with van der Waals surface area (Å²) in [5, 5.41) is 36.3. The standard InChI is InChI=1S/C31H56N4O2/c1-23(33-29(25-16-8-3-9-17-25)31(35-37)27-20-12-5-13-21-27)22-32-28(24-14-6-2-7-15-24)30(34-36)26-18-10-4-11-19-26/h23-29,32-33,36-37H,2-22H2,1H3. The van der Waals surface area contributed by atoms with Crippen molar-refractivity contribution < 1.29 is 10.4 Å². The molecule has 0 aromatic carbocycles. The minimum Gasteiger partial charge on any atom is -0.411 e. The van der Waals surface area contributed by atoms with E-state index in [1.807, 2.05) is 0 Å². The second-order valence-electron chi connectivity index (χ2n) is 12.9. The number of hydrogen-bond donors (Lipinski definition) is 4. The van der Waals surface area contributed by atoms with Gasteiger partial charge in [0.15, 0.2) is 0 Å². The molecule has 6 heteroatoms. The van der Waals surface area contributed by atoms with Gasteiger partial charge < -0.3 is 21.0 Å². The summed E-state index contributed by atoms with van der Waals surface area (Å²) in [6, 6.07) is 0.599. The summed E-state index contributed by atoms with van der Waals surface area (Å²) in [7, 11) is 0. The fraction of sp³-hybridized carbons (Fsp3) is 0.935. The van der Waals surface area contributed by atoms with Crippen LogP contribution in [0.1, 0.15) is 135 Å². The third-order valence-electron chi connectivity index (χ3n) is 10.3. The van der Waals surface area contributed by atoms with Crippen LogP contribution in [0.5, 0.6) is 0 Å². The summed E-state index contributed by atoms with van der Waals surface area (Å²) >= 11 is 0. The fourth-order valence-corrected chi connectivity index (χ4v) is 8.17. The van der Waals surface area contributed by atoms with Crippen LogP contribution in [0, 0.1) is 23.7 Å². The summed E-state index contributed by atoms with van der Waals surface area (Å²) in [6.07, 6.45) is 25.1. The van der Waals surface area contributed by atoms with Crippen LogP contribution in [-0.4, -0.2) is 46.5 Å². The maximum Gasteiger partial charge on any atom is 0.0773 e. The molecule has 0 amide bonds. The van der Waals surface area contributed by atoms with E-state index in [0.717, 1.165) is 18.0 Å². The van der Waals surface area contributed by atoms with Gasteiger partial charge in [0.2, 0.25) is 0 Å². The van der Waals surface area contributed by atoms with E-state index in [2.05, 4.69) is 27.9 Å². The third-order valence-corrected chi connectivity index (χ3v) is 10.3. The van der Waals surface area contributed by atoms with Gasteiger partial charge in [0.1, 0.15) is 0 Å². The second-order valence-corrected chi connectivity index (χ2v) is 12.9. The lowest BCUT2D eigenvalue weighted by Crippen LogP contribution is -2.55. The monoisotopic (exact) mass is 516 g/mol. The Morgan fingerprint density at radius 2 is 0.973 bits per heavy atom. The predicted octanol–water partition coefficient (Wildman–Crippen LogP) is 7.27. The van der Waals surface area contributed by atoms with Gasteiger partial charge in [0, 0.05) is 24.4 Å². The molecule has 0 aromatic heterocycles. The Hall–Kier alpha value is -1.14. The molecule has 4 fully saturated rings. The molecule has 4 aliphatic carbocycles. The van der Waals surface area contributed by atoms with Crippen molar-refractivity contribution in [1.82, 2.24) is 10.6 Å². The molecular weight excluding hydrogens is 460 g/mol. The SMILES string of the molecule is CC(CNC(C(=NO)C1CCCCC1)C1CCCCC1)NC(C(=NO)C1CCCCC1)C1CCCCC1. The van der Waals surface area contributed by atoms with E-state index in [4.69, 9.17) is 0 Å². The van der Waals surface area contributed by atoms with E-state index in [9.17, 15) is 10.4 Å². The molecule has 6 nitrogen and oxygen atoms in total. The lowest BCUT2D eigenvalue weighted by Gasteiger charge is -2.38. The van der Waals surface area contributed by atoms with E-state index in [1.54, 1.807) is 0 Å². The molecule has 0 spiro atoms. The predicted molar refractivity (Wildman–Crippen MR) is 153 cm³/mol. The van der Waals surface area contributed by atoms with Crippen LogP contribution in [0.3, 0.4) is 0 Å². The minimum absolute atomic E-state index is 0.169. The molecule has 4 rings (SSSR count). The van der Waals surface area contributed by atoms with Crippen LogP contribution in [0.25, 0.3) is 0 Å². The van der Waals surface area contributed by atoms with Crippen LogP contribution in [0.4, 0.5) is 0 Å². The Balaban J connectivity index is 1.44. The number of rotatable bonds is 11. The van der Waals surface area contributed by atoms with E-state index in [1.165, 1.54) is 128 Å². The molecule has 0 radical (unpaired) electrons. The van der Waals surface area contributed by atoms with Crippen molar-refractivity contribution in [2.45, 2.75) is 153 Å². The summed E-state index contributed by atoms with van der Waals surface area (Å²) in [4.78, 5) is 0. The maximum absolute atomic E-state index is 10.2. The van der Waals surface area contributed by atoms with Gasteiger partial charge in [-0.25, -0.2) is 0 Å². The molecular formula is C31H56N4O2. The molecule has 0 heterocycles. The highest BCUT2D eigenvalue weighted by Crippen LogP contribution is 2.34. The normalized spacial score (nSPS) is 27.2. The van der Waals surface area contributed by atoms with E-state index < -0.39 is 0 Å². The van der Waals surface area contributed by atoms with Gasteiger partial charge in [0.05, 0.1) is 23.5 Å². The van der Waals surface area contributed by atoms with Crippen LogP contribution in [-0.2, 0) is 0 Å². The van der Waals surface area contributed by atoms with Crippen molar-refractivity contribution >= 4 is 11.4 Å². The van der Waals surface area contributed by atoms with Crippen molar-refractivity contribution in [3.63, 3.8) is 0 Å². The van der Waals surface area contributed by atoms with Gasteiger partial charge in [0.25, 0.3) is 0 Å². The molecule has 0 aromatic rings. The average molecular weight is 517 g/mol. The maximum atomic E-state index is 10.2. The molecule has 4 N–H and O–H groups in total. The second kappa shape index (κ2) is 15.5. The van der Waals surface area contributed by atoms with Crippen molar-refractivity contribution in [2.24, 2.45) is 34.0 Å². The topological polar surface area (TPSA) is 89.2 Å². The zero-order valence-electron chi connectivity index (χ0n) is 23.7. The van der Waals surface area contributed by atoms with Crippen molar-refractivity contribution in [3.05, 3.63) is 0 Å². The highest BCUT2D eigenvalue weighted by molar-refractivity contribution is 5.92. The minimum atomic E-state index is 0.169. The Bertz CT molecular complexity index is 702. The lowest BCUT2D eigenvalue weighted by molar-refractivity contribution is 0.254. The van der Waals surface area contributed by atoms with Crippen LogP contribution >= 0.6 is 0 Å². The number of nitrogens with zero attached hydrogens (tertiary/aromatic N) is 2. The highest BCUT2D eigenvalue weighted by Gasteiger charge is 2.36. The zero-order chi connectivity index (χ0) is 25.9. The quantitative estimate of drug-likeness (QED) is 0.132. The molecule has 4 aliphatic rings. The zero-order valence-corrected chi connectivity index (χ0v) is 23.7. The Morgan fingerprint density at radius 1 is 0.595 bits per heavy atom. The van der Waals surface area contributed by atoms with E-state index >= 15 is 0 Å². The Kier molecular flexibility index (Phi) is 12.1. The van der Waals surface area contributed by atoms with Gasteiger partial charge >= 0.3 is 0 Å². The van der Waals surface area contributed by atoms with Crippen molar-refractivity contribution in [2.75, 3.05) is 6.54 Å². The van der Waals surface area contributed by atoms with Crippen LogP contribution in [0.15, 0.2) is 10.3 Å². The molecule has 4 saturated carbocycles. The fourth-order valence-electron chi connectivity index (χ4n) is 8.17. The first kappa shape index (κ1) is 28.9. The molecule has 0 aliphatic heterocycles. The van der Waals surface area contributed by atoms with Gasteiger partial charge in [-0.1, -0.05) is 87.4 Å². The molecule has 37 heavy (non-hydrogen) atoms. The number of oxime groups is 2. The molecule has 0 bridgehead atoms. The molecule has 3 atom stereocenters.